The van der Waals surface area contributed by atoms with Gasteiger partial charge in [0.05, 0.1) is 0 Å². The van der Waals surface area contributed by atoms with Gasteiger partial charge in [0.1, 0.15) is 5.82 Å². The summed E-state index contributed by atoms with van der Waals surface area (Å²) in [6.45, 7) is 11.2. The summed E-state index contributed by atoms with van der Waals surface area (Å²) in [4.78, 5) is 15.2. The van der Waals surface area contributed by atoms with Gasteiger partial charge >= 0.3 is 0 Å². The van der Waals surface area contributed by atoms with Gasteiger partial charge in [-0.1, -0.05) is 25.1 Å². The number of pyridine rings is 1. The maximum atomic E-state index is 4.69. The number of benzene rings is 1. The van der Waals surface area contributed by atoms with Gasteiger partial charge in [0.25, 0.3) is 0 Å². The number of piperazine rings is 1. The Kier molecular flexibility index (Phi) is 10.9. The Morgan fingerprint density at radius 1 is 1.10 bits per heavy atom. The minimum absolute atomic E-state index is 0. The minimum Gasteiger partial charge on any atom is -0.354 e. The second-order valence-corrected chi connectivity index (χ2v) is 8.39. The summed E-state index contributed by atoms with van der Waals surface area (Å²) in [6, 6.07) is 10.9. The van der Waals surface area contributed by atoms with Crippen LogP contribution >= 0.6 is 35.7 Å². The Balaban J connectivity index is 0.00000341. The monoisotopic (exact) mass is 554 g/mol. The molecule has 1 aliphatic rings. The molecule has 0 radical (unpaired) electrons. The summed E-state index contributed by atoms with van der Waals surface area (Å²) >= 11 is 1.78. The van der Waals surface area contributed by atoms with E-state index in [2.05, 4.69) is 80.8 Å². The number of likely N-dealkylation sites (N-methyl/N-ethyl adjacent to an activating group) is 1. The van der Waals surface area contributed by atoms with Crippen molar-refractivity contribution in [3.05, 3.63) is 53.2 Å². The molecule has 6 nitrogen and oxygen atoms in total. The molecule has 31 heavy (non-hydrogen) atoms. The first-order chi connectivity index (χ1) is 14.6. The zero-order chi connectivity index (χ0) is 21.3. The number of nitrogens with zero attached hydrogens (tertiary/aromatic N) is 4. The van der Waals surface area contributed by atoms with E-state index in [-0.39, 0.29) is 24.0 Å². The highest BCUT2D eigenvalue weighted by Crippen LogP contribution is 2.21. The Labute approximate surface area is 208 Å². The van der Waals surface area contributed by atoms with Crippen molar-refractivity contribution in [2.45, 2.75) is 31.8 Å². The fraction of sp³-hybridized carbons (Fsp3) is 0.478. The van der Waals surface area contributed by atoms with E-state index in [9.17, 15) is 0 Å². The molecule has 1 aliphatic heterocycles. The smallest absolute Gasteiger partial charge is 0.191 e. The lowest BCUT2D eigenvalue weighted by atomic mass is 10.1. The molecule has 1 aromatic carbocycles. The predicted octanol–water partition coefficient (Wildman–Crippen LogP) is 3.74. The lowest BCUT2D eigenvalue weighted by Gasteiger charge is -2.34. The quantitative estimate of drug-likeness (QED) is 0.236. The normalized spacial score (nSPS) is 14.8. The maximum absolute atomic E-state index is 4.69. The highest BCUT2D eigenvalue weighted by Gasteiger charge is 2.16. The van der Waals surface area contributed by atoms with E-state index < -0.39 is 0 Å². The average Bonchev–Trinajstić information content (AvgIpc) is 2.80. The van der Waals surface area contributed by atoms with Gasteiger partial charge in [-0.3, -0.25) is 4.99 Å². The van der Waals surface area contributed by atoms with Gasteiger partial charge in [0, 0.05) is 57.4 Å². The van der Waals surface area contributed by atoms with Crippen LogP contribution in [0.5, 0.6) is 0 Å². The van der Waals surface area contributed by atoms with E-state index in [1.54, 1.807) is 18.8 Å². The van der Waals surface area contributed by atoms with Crippen molar-refractivity contribution in [2.75, 3.05) is 50.9 Å². The van der Waals surface area contributed by atoms with Crippen LogP contribution in [0.1, 0.15) is 23.6 Å². The standard InChI is InChI=1S/C23H34N6S.HI/c1-5-28-10-12-29(13-11-28)22-9-7-19(15-25-22)16-26-23(24-3)27-17-20-8-6-18(2)14-21(20)30-4;/h6-9,14-15H,5,10-13,16-17H2,1-4H3,(H2,24,26,27);1H. The minimum atomic E-state index is 0. The zero-order valence-corrected chi connectivity index (χ0v) is 22.2. The van der Waals surface area contributed by atoms with Crippen molar-refractivity contribution < 1.29 is 0 Å². The number of rotatable bonds is 7. The number of aromatic nitrogens is 1. The second kappa shape index (κ2) is 13.1. The molecule has 0 saturated carbocycles. The van der Waals surface area contributed by atoms with E-state index in [4.69, 9.17) is 0 Å². The van der Waals surface area contributed by atoms with Crippen LogP contribution < -0.4 is 15.5 Å². The highest BCUT2D eigenvalue weighted by molar-refractivity contribution is 14.0. The first-order valence-electron chi connectivity index (χ1n) is 10.6. The summed E-state index contributed by atoms with van der Waals surface area (Å²) in [7, 11) is 1.80. The molecule has 0 bridgehead atoms. The number of aryl methyl sites for hydroxylation is 1. The summed E-state index contributed by atoms with van der Waals surface area (Å²) < 4.78 is 0. The third-order valence-electron chi connectivity index (χ3n) is 5.53. The van der Waals surface area contributed by atoms with Crippen LogP contribution in [0.25, 0.3) is 0 Å². The number of thioether (sulfide) groups is 1. The van der Waals surface area contributed by atoms with Crippen LogP contribution in [0.3, 0.4) is 0 Å². The summed E-state index contributed by atoms with van der Waals surface area (Å²) in [5.74, 6) is 1.86. The molecule has 0 amide bonds. The van der Waals surface area contributed by atoms with Crippen molar-refractivity contribution in [3.63, 3.8) is 0 Å². The third-order valence-corrected chi connectivity index (χ3v) is 6.34. The summed E-state index contributed by atoms with van der Waals surface area (Å²) in [5.41, 5.74) is 3.72. The summed E-state index contributed by atoms with van der Waals surface area (Å²) in [5, 5.41) is 6.80. The van der Waals surface area contributed by atoms with Gasteiger partial charge in [-0.05, 0) is 48.5 Å². The molecule has 2 N–H and O–H groups in total. The molecule has 1 saturated heterocycles. The van der Waals surface area contributed by atoms with Crippen LogP contribution in [0.4, 0.5) is 5.82 Å². The molecule has 0 atom stereocenters. The predicted molar refractivity (Wildman–Crippen MR) is 144 cm³/mol. The Morgan fingerprint density at radius 3 is 2.45 bits per heavy atom. The number of guanidine groups is 1. The largest absolute Gasteiger partial charge is 0.354 e. The van der Waals surface area contributed by atoms with E-state index in [1.165, 1.54) is 16.0 Å². The first kappa shape index (κ1) is 25.7. The molecule has 2 aromatic rings. The van der Waals surface area contributed by atoms with Crippen molar-refractivity contribution in [3.8, 4) is 0 Å². The average molecular weight is 555 g/mol. The molecule has 170 valence electrons. The van der Waals surface area contributed by atoms with Crippen LogP contribution in [0, 0.1) is 6.92 Å². The van der Waals surface area contributed by atoms with Crippen LogP contribution in [-0.2, 0) is 13.1 Å². The molecule has 0 spiro atoms. The van der Waals surface area contributed by atoms with Crippen LogP contribution in [0.15, 0.2) is 46.4 Å². The fourth-order valence-electron chi connectivity index (χ4n) is 3.58. The van der Waals surface area contributed by atoms with Crippen molar-refractivity contribution in [2.24, 2.45) is 4.99 Å². The van der Waals surface area contributed by atoms with Gasteiger partial charge < -0.3 is 20.4 Å². The first-order valence-corrected chi connectivity index (χ1v) is 11.9. The highest BCUT2D eigenvalue weighted by atomic mass is 127. The van der Waals surface area contributed by atoms with Crippen LogP contribution in [0.2, 0.25) is 0 Å². The molecule has 3 rings (SSSR count). The number of halogens is 1. The number of nitrogens with one attached hydrogen (secondary N) is 2. The molecule has 1 fully saturated rings. The Hall–Kier alpha value is -1.52. The lowest BCUT2D eigenvalue weighted by Crippen LogP contribution is -2.46. The molecule has 1 aromatic heterocycles. The van der Waals surface area contributed by atoms with E-state index >= 15 is 0 Å². The molecular formula is C23H35IN6S. The zero-order valence-electron chi connectivity index (χ0n) is 19.0. The van der Waals surface area contributed by atoms with Gasteiger partial charge in [-0.15, -0.1) is 35.7 Å². The van der Waals surface area contributed by atoms with Crippen molar-refractivity contribution in [1.29, 1.82) is 0 Å². The fourth-order valence-corrected chi connectivity index (χ4v) is 4.29. The Morgan fingerprint density at radius 2 is 1.84 bits per heavy atom. The Bertz CT molecular complexity index is 834. The van der Waals surface area contributed by atoms with Gasteiger partial charge in [-0.2, -0.15) is 0 Å². The molecule has 8 heteroatoms. The molecular weight excluding hydrogens is 519 g/mol. The van der Waals surface area contributed by atoms with Gasteiger partial charge in [0.15, 0.2) is 5.96 Å². The van der Waals surface area contributed by atoms with Gasteiger partial charge in [-0.25, -0.2) is 4.98 Å². The van der Waals surface area contributed by atoms with E-state index in [0.29, 0.717) is 6.54 Å². The number of hydrogen-bond acceptors (Lipinski definition) is 5. The summed E-state index contributed by atoms with van der Waals surface area (Å²) in [6.07, 6.45) is 4.08. The van der Waals surface area contributed by atoms with Gasteiger partial charge in [0.2, 0.25) is 0 Å². The van der Waals surface area contributed by atoms with Crippen LogP contribution in [-0.4, -0.2) is 61.9 Å². The number of aliphatic imine (C=N–C) groups is 1. The lowest BCUT2D eigenvalue weighted by molar-refractivity contribution is 0.270. The molecule has 0 unspecified atom stereocenters. The second-order valence-electron chi connectivity index (χ2n) is 7.54. The third kappa shape index (κ3) is 7.54. The molecule has 2 heterocycles. The topological polar surface area (TPSA) is 55.8 Å². The van der Waals surface area contributed by atoms with Crippen molar-refractivity contribution in [1.82, 2.24) is 20.5 Å². The maximum Gasteiger partial charge on any atom is 0.191 e. The number of hydrogen-bond donors (Lipinski definition) is 2. The molecule has 0 aliphatic carbocycles. The SMILES string of the molecule is CCN1CCN(c2ccc(CNC(=NC)NCc3ccc(C)cc3SC)cn2)CC1.I. The van der Waals surface area contributed by atoms with E-state index in [0.717, 1.165) is 56.6 Å². The van der Waals surface area contributed by atoms with Crippen molar-refractivity contribution >= 4 is 47.5 Å². The van der Waals surface area contributed by atoms with E-state index in [1.807, 2.05) is 6.20 Å². The number of anilines is 1.